The van der Waals surface area contributed by atoms with Crippen molar-refractivity contribution in [1.29, 1.82) is 0 Å². The van der Waals surface area contributed by atoms with E-state index >= 15 is 0 Å². The van der Waals surface area contributed by atoms with Gasteiger partial charge in [-0.2, -0.15) is 37.1 Å². The predicted octanol–water partition coefficient (Wildman–Crippen LogP) is 4.09. The standard InChI is InChI=1S/C15H11ClF5N5O/c1-6(15(19,20)21)24-13-9(12(16)25-14-22-5-23-26(13)14)7-3-4-8(27-2)11(18)10(7)17/h3-6,24H,1-2H3. The average molecular weight is 408 g/mol. The van der Waals surface area contributed by atoms with Gasteiger partial charge in [-0.25, -0.2) is 4.39 Å². The molecule has 6 nitrogen and oxygen atoms in total. The lowest BCUT2D eigenvalue weighted by Crippen LogP contribution is -2.34. The number of nitrogens with zero attached hydrogens (tertiary/aromatic N) is 4. The fraction of sp³-hybridized carbons (Fsp3) is 0.267. The maximum atomic E-state index is 14.6. The van der Waals surface area contributed by atoms with Crippen molar-refractivity contribution in [3.8, 4) is 16.9 Å². The molecule has 0 spiro atoms. The molecule has 1 N–H and O–H groups in total. The number of ether oxygens (including phenoxy) is 1. The Hall–Kier alpha value is -2.69. The number of anilines is 1. The second-order valence-electron chi connectivity index (χ2n) is 5.45. The zero-order chi connectivity index (χ0) is 19.9. The van der Waals surface area contributed by atoms with E-state index in [2.05, 4.69) is 25.1 Å². The first kappa shape index (κ1) is 19.1. The number of benzene rings is 1. The van der Waals surface area contributed by atoms with Crippen molar-refractivity contribution in [2.45, 2.75) is 19.1 Å². The number of halogens is 6. The van der Waals surface area contributed by atoms with Crippen molar-refractivity contribution in [3.63, 3.8) is 0 Å². The predicted molar refractivity (Wildman–Crippen MR) is 86.8 cm³/mol. The Bertz CT molecular complexity index is 1010. The van der Waals surface area contributed by atoms with Crippen LogP contribution < -0.4 is 10.1 Å². The highest BCUT2D eigenvalue weighted by Crippen LogP contribution is 2.39. The maximum Gasteiger partial charge on any atom is 0.408 e. The summed E-state index contributed by atoms with van der Waals surface area (Å²) >= 11 is 6.06. The molecule has 2 aromatic heterocycles. The summed E-state index contributed by atoms with van der Waals surface area (Å²) < 4.78 is 73.4. The third-order valence-corrected chi connectivity index (χ3v) is 4.04. The molecule has 0 saturated heterocycles. The van der Waals surface area contributed by atoms with E-state index in [4.69, 9.17) is 11.6 Å². The molecule has 144 valence electrons. The molecule has 3 aromatic rings. The van der Waals surface area contributed by atoms with Gasteiger partial charge in [-0.15, -0.1) is 0 Å². The summed E-state index contributed by atoms with van der Waals surface area (Å²) in [4.78, 5) is 7.63. The van der Waals surface area contributed by atoms with Crippen molar-refractivity contribution < 1.29 is 26.7 Å². The summed E-state index contributed by atoms with van der Waals surface area (Å²) in [6.45, 7) is 0.853. The molecule has 0 amide bonds. The Labute approximate surface area is 153 Å². The Morgan fingerprint density at radius 3 is 2.56 bits per heavy atom. The minimum atomic E-state index is -4.62. The van der Waals surface area contributed by atoms with E-state index in [1.807, 2.05) is 0 Å². The Morgan fingerprint density at radius 1 is 1.22 bits per heavy atom. The monoisotopic (exact) mass is 407 g/mol. The van der Waals surface area contributed by atoms with E-state index in [-0.39, 0.29) is 28.1 Å². The molecule has 0 aliphatic heterocycles. The van der Waals surface area contributed by atoms with Crippen molar-refractivity contribution in [1.82, 2.24) is 19.6 Å². The Morgan fingerprint density at radius 2 is 1.93 bits per heavy atom. The SMILES string of the molecule is COc1ccc(-c2c(Cl)nc3ncnn3c2NC(C)C(F)(F)F)c(F)c1F. The van der Waals surface area contributed by atoms with Crippen molar-refractivity contribution in [3.05, 3.63) is 35.2 Å². The minimum Gasteiger partial charge on any atom is -0.494 e. The van der Waals surface area contributed by atoms with E-state index in [9.17, 15) is 22.0 Å². The maximum absolute atomic E-state index is 14.6. The molecule has 0 aliphatic rings. The quantitative estimate of drug-likeness (QED) is 0.521. The van der Waals surface area contributed by atoms with E-state index in [1.165, 1.54) is 0 Å². The molecule has 1 aromatic carbocycles. The molecular weight excluding hydrogens is 397 g/mol. The van der Waals surface area contributed by atoms with Gasteiger partial charge in [-0.3, -0.25) is 0 Å². The smallest absolute Gasteiger partial charge is 0.408 e. The molecule has 27 heavy (non-hydrogen) atoms. The fourth-order valence-electron chi connectivity index (χ4n) is 2.36. The van der Waals surface area contributed by atoms with Crippen LogP contribution in [0.25, 0.3) is 16.9 Å². The second-order valence-corrected chi connectivity index (χ2v) is 5.81. The summed E-state index contributed by atoms with van der Waals surface area (Å²) in [5.74, 6) is -3.51. The van der Waals surface area contributed by atoms with Gasteiger partial charge in [-0.05, 0) is 19.1 Å². The van der Waals surface area contributed by atoms with Gasteiger partial charge < -0.3 is 10.1 Å². The van der Waals surface area contributed by atoms with Gasteiger partial charge in [-0.1, -0.05) is 11.6 Å². The lowest BCUT2D eigenvalue weighted by atomic mass is 10.1. The highest BCUT2D eigenvalue weighted by molar-refractivity contribution is 6.33. The molecule has 0 aliphatic carbocycles. The van der Waals surface area contributed by atoms with Crippen LogP contribution in [0.15, 0.2) is 18.5 Å². The number of alkyl halides is 3. The number of nitrogens with one attached hydrogen (secondary N) is 1. The topological polar surface area (TPSA) is 64.3 Å². The first-order chi connectivity index (χ1) is 12.6. The molecule has 1 unspecified atom stereocenters. The van der Waals surface area contributed by atoms with Crippen molar-refractivity contribution in [2.75, 3.05) is 12.4 Å². The van der Waals surface area contributed by atoms with E-state index in [1.54, 1.807) is 0 Å². The third kappa shape index (κ3) is 3.34. The molecular formula is C15H11ClF5N5O. The van der Waals surface area contributed by atoms with Crippen LogP contribution in [0.2, 0.25) is 5.15 Å². The van der Waals surface area contributed by atoms with Crippen molar-refractivity contribution >= 4 is 23.2 Å². The second kappa shape index (κ2) is 6.80. The molecule has 12 heteroatoms. The Kier molecular flexibility index (Phi) is 4.81. The third-order valence-electron chi connectivity index (χ3n) is 3.76. The fourth-order valence-corrected chi connectivity index (χ4v) is 2.62. The molecule has 1 atom stereocenters. The lowest BCUT2D eigenvalue weighted by Gasteiger charge is -2.21. The van der Waals surface area contributed by atoms with Crippen LogP contribution in [-0.4, -0.2) is 38.9 Å². The van der Waals surface area contributed by atoms with E-state index in [0.717, 1.165) is 37.0 Å². The van der Waals surface area contributed by atoms with Gasteiger partial charge in [0.1, 0.15) is 23.3 Å². The highest BCUT2D eigenvalue weighted by Gasteiger charge is 2.37. The van der Waals surface area contributed by atoms with Gasteiger partial charge in [0.05, 0.1) is 12.7 Å². The normalized spacial score (nSPS) is 13.0. The van der Waals surface area contributed by atoms with Crippen LogP contribution in [-0.2, 0) is 0 Å². The number of fused-ring (bicyclic) bond motifs is 1. The van der Waals surface area contributed by atoms with Gasteiger partial charge >= 0.3 is 6.18 Å². The van der Waals surface area contributed by atoms with Gasteiger partial charge in [0.2, 0.25) is 5.82 Å². The largest absolute Gasteiger partial charge is 0.494 e. The van der Waals surface area contributed by atoms with Crippen LogP contribution in [0.3, 0.4) is 0 Å². The van der Waals surface area contributed by atoms with Crippen LogP contribution >= 0.6 is 11.6 Å². The minimum absolute atomic E-state index is 0.116. The van der Waals surface area contributed by atoms with Gasteiger partial charge in [0.25, 0.3) is 5.78 Å². The number of hydrogen-bond donors (Lipinski definition) is 1. The molecule has 0 fully saturated rings. The van der Waals surface area contributed by atoms with E-state index < -0.39 is 29.4 Å². The van der Waals surface area contributed by atoms with Crippen LogP contribution in [0.4, 0.5) is 27.8 Å². The zero-order valence-electron chi connectivity index (χ0n) is 13.8. The number of aromatic nitrogens is 4. The van der Waals surface area contributed by atoms with Crippen LogP contribution in [0.5, 0.6) is 5.75 Å². The summed E-state index contributed by atoms with van der Waals surface area (Å²) in [6.07, 6.45) is -3.58. The highest BCUT2D eigenvalue weighted by atomic mass is 35.5. The molecule has 0 radical (unpaired) electrons. The summed E-state index contributed by atoms with van der Waals surface area (Å²) in [5, 5.41) is 5.59. The number of rotatable bonds is 4. The Balaban J connectivity index is 2.28. The lowest BCUT2D eigenvalue weighted by molar-refractivity contribution is -0.138. The van der Waals surface area contributed by atoms with Crippen LogP contribution in [0, 0.1) is 11.6 Å². The average Bonchev–Trinajstić information content (AvgIpc) is 3.05. The van der Waals surface area contributed by atoms with Crippen LogP contribution in [0.1, 0.15) is 6.92 Å². The van der Waals surface area contributed by atoms with Gasteiger partial charge in [0.15, 0.2) is 11.6 Å². The zero-order valence-corrected chi connectivity index (χ0v) is 14.5. The molecule has 0 bridgehead atoms. The molecule has 0 saturated carbocycles. The first-order valence-corrected chi connectivity index (χ1v) is 7.77. The van der Waals surface area contributed by atoms with Gasteiger partial charge in [0, 0.05) is 5.56 Å². The molecule has 3 rings (SSSR count). The summed E-state index contributed by atoms with van der Waals surface area (Å²) in [7, 11) is 1.14. The number of hydrogen-bond acceptors (Lipinski definition) is 5. The molecule has 2 heterocycles. The first-order valence-electron chi connectivity index (χ1n) is 7.40. The summed E-state index contributed by atoms with van der Waals surface area (Å²) in [6, 6.07) is 0.187. The van der Waals surface area contributed by atoms with Crippen molar-refractivity contribution in [2.24, 2.45) is 0 Å². The summed E-state index contributed by atoms with van der Waals surface area (Å²) in [5.41, 5.74) is -0.718. The van der Waals surface area contributed by atoms with E-state index in [0.29, 0.717) is 0 Å². The number of methoxy groups -OCH3 is 1.